The molecule has 0 radical (unpaired) electrons. The maximum Gasteiger partial charge on any atom is 0.239 e. The summed E-state index contributed by atoms with van der Waals surface area (Å²) in [5.74, 6) is 0.941. The summed E-state index contributed by atoms with van der Waals surface area (Å²) in [7, 11) is 0. The molecular weight excluding hydrogens is 406 g/mol. The first-order valence-corrected chi connectivity index (χ1v) is 11.8. The number of thioether (sulfide) groups is 1. The van der Waals surface area contributed by atoms with Crippen LogP contribution in [-0.4, -0.2) is 43.0 Å². The van der Waals surface area contributed by atoms with Gasteiger partial charge in [-0.05, 0) is 38.7 Å². The molecular formula is C24H27N5OS. The second-order valence-electron chi connectivity index (χ2n) is 8.44. The molecule has 0 spiro atoms. The summed E-state index contributed by atoms with van der Waals surface area (Å²) in [6.45, 7) is 4.34. The Balaban J connectivity index is 1.54. The lowest BCUT2D eigenvalue weighted by molar-refractivity contribution is -0.137. The van der Waals surface area contributed by atoms with Gasteiger partial charge in [0.25, 0.3) is 0 Å². The van der Waals surface area contributed by atoms with Crippen LogP contribution in [0.3, 0.4) is 0 Å². The van der Waals surface area contributed by atoms with E-state index in [0.717, 1.165) is 34.9 Å². The van der Waals surface area contributed by atoms with E-state index in [9.17, 15) is 4.79 Å². The minimum atomic E-state index is -0.300. The number of carbonyl (C=O) groups is 1. The zero-order valence-electron chi connectivity index (χ0n) is 17.8. The lowest BCUT2D eigenvalue weighted by Crippen LogP contribution is -2.53. The number of aromatic nitrogens is 3. The summed E-state index contributed by atoms with van der Waals surface area (Å²) in [4.78, 5) is 16.0. The van der Waals surface area contributed by atoms with Crippen molar-refractivity contribution >= 4 is 17.7 Å². The Kier molecular flexibility index (Phi) is 5.44. The number of amides is 1. The van der Waals surface area contributed by atoms with Crippen LogP contribution >= 0.6 is 11.8 Å². The van der Waals surface area contributed by atoms with Crippen LogP contribution in [0.4, 0.5) is 0 Å². The summed E-state index contributed by atoms with van der Waals surface area (Å²) in [6, 6.07) is 20.6. The number of rotatable bonds is 3. The fourth-order valence-electron chi connectivity index (χ4n) is 4.73. The van der Waals surface area contributed by atoms with E-state index in [2.05, 4.69) is 46.5 Å². The van der Waals surface area contributed by atoms with Crippen LogP contribution in [0, 0.1) is 0 Å². The average Bonchev–Trinajstić information content (AvgIpc) is 3.22. The quantitative estimate of drug-likeness (QED) is 0.659. The van der Waals surface area contributed by atoms with Gasteiger partial charge in [0.1, 0.15) is 5.25 Å². The molecule has 160 valence electrons. The van der Waals surface area contributed by atoms with Gasteiger partial charge in [-0.2, -0.15) is 0 Å². The van der Waals surface area contributed by atoms with Crippen molar-refractivity contribution in [3.63, 3.8) is 0 Å². The molecule has 31 heavy (non-hydrogen) atoms. The van der Waals surface area contributed by atoms with Crippen molar-refractivity contribution in [2.24, 2.45) is 0 Å². The Bertz CT molecular complexity index is 1040. The third kappa shape index (κ3) is 3.71. The number of benzene rings is 2. The molecule has 5 rings (SSSR count). The van der Waals surface area contributed by atoms with Crippen LogP contribution in [0.15, 0.2) is 65.8 Å². The third-order valence-electron chi connectivity index (χ3n) is 6.32. The zero-order chi connectivity index (χ0) is 21.4. The summed E-state index contributed by atoms with van der Waals surface area (Å²) in [5, 5.41) is 9.28. The normalized spacial score (nSPS) is 25.5. The van der Waals surface area contributed by atoms with E-state index in [1.165, 1.54) is 18.2 Å². The Hall–Kier alpha value is -2.80. The smallest absolute Gasteiger partial charge is 0.239 e. The third-order valence-corrected chi connectivity index (χ3v) is 7.52. The lowest BCUT2D eigenvalue weighted by atomic mass is 9.95. The molecule has 1 amide bonds. The Morgan fingerprint density at radius 3 is 2.29 bits per heavy atom. The lowest BCUT2D eigenvalue weighted by Gasteiger charge is -2.43. The van der Waals surface area contributed by atoms with Crippen LogP contribution in [0.1, 0.15) is 44.7 Å². The molecule has 1 saturated heterocycles. The fourth-order valence-corrected chi connectivity index (χ4v) is 5.87. The van der Waals surface area contributed by atoms with Gasteiger partial charge in [-0.25, -0.2) is 4.68 Å². The van der Waals surface area contributed by atoms with Gasteiger partial charge in [0, 0.05) is 17.6 Å². The monoisotopic (exact) mass is 433 g/mol. The van der Waals surface area contributed by atoms with Crippen molar-refractivity contribution in [2.45, 2.75) is 61.6 Å². The molecule has 2 aromatic carbocycles. The highest BCUT2D eigenvalue weighted by atomic mass is 32.2. The molecule has 4 unspecified atom stereocenters. The summed E-state index contributed by atoms with van der Waals surface area (Å²) in [5.41, 5.74) is 5.66. The number of likely N-dealkylation sites (tertiary alicyclic amines) is 1. The van der Waals surface area contributed by atoms with Gasteiger partial charge in [-0.3, -0.25) is 4.79 Å². The van der Waals surface area contributed by atoms with Crippen molar-refractivity contribution in [3.8, 4) is 11.4 Å². The molecule has 3 aromatic rings. The van der Waals surface area contributed by atoms with Gasteiger partial charge in [0.05, 0.1) is 6.04 Å². The molecule has 2 aliphatic heterocycles. The second kappa shape index (κ2) is 8.38. The molecule has 0 saturated carbocycles. The Morgan fingerprint density at radius 2 is 1.61 bits per heavy atom. The van der Waals surface area contributed by atoms with E-state index >= 15 is 0 Å². The van der Waals surface area contributed by atoms with Crippen LogP contribution in [-0.2, 0) is 4.79 Å². The van der Waals surface area contributed by atoms with Crippen LogP contribution in [0.5, 0.6) is 0 Å². The van der Waals surface area contributed by atoms with Crippen molar-refractivity contribution in [2.75, 3.05) is 5.43 Å². The highest BCUT2D eigenvalue weighted by molar-refractivity contribution is 8.00. The van der Waals surface area contributed by atoms with Crippen LogP contribution in [0.25, 0.3) is 11.4 Å². The largest absolute Gasteiger partial charge is 0.336 e. The van der Waals surface area contributed by atoms with Gasteiger partial charge in [0.15, 0.2) is 5.82 Å². The van der Waals surface area contributed by atoms with Crippen molar-refractivity contribution < 1.29 is 4.79 Å². The fraction of sp³-hybridized carbons (Fsp3) is 0.375. The van der Waals surface area contributed by atoms with Crippen molar-refractivity contribution in [1.29, 1.82) is 0 Å². The van der Waals surface area contributed by atoms with Gasteiger partial charge < -0.3 is 10.3 Å². The number of piperidine rings is 1. The minimum absolute atomic E-state index is 0.175. The van der Waals surface area contributed by atoms with Gasteiger partial charge in [-0.1, -0.05) is 72.4 Å². The van der Waals surface area contributed by atoms with E-state index in [1.807, 2.05) is 53.2 Å². The summed E-state index contributed by atoms with van der Waals surface area (Å²) >= 11 is 1.52. The molecule has 1 fully saturated rings. The van der Waals surface area contributed by atoms with E-state index in [0.29, 0.717) is 0 Å². The predicted molar refractivity (Wildman–Crippen MR) is 123 cm³/mol. The minimum Gasteiger partial charge on any atom is -0.336 e. The van der Waals surface area contributed by atoms with E-state index in [1.54, 1.807) is 0 Å². The van der Waals surface area contributed by atoms with Gasteiger partial charge in [-0.15, -0.1) is 10.2 Å². The molecule has 3 heterocycles. The number of nitrogens with zero attached hydrogens (tertiary/aromatic N) is 4. The Morgan fingerprint density at radius 1 is 0.968 bits per heavy atom. The first-order valence-electron chi connectivity index (χ1n) is 10.9. The number of fused-ring (bicyclic) bond motifs is 1. The average molecular weight is 434 g/mol. The standard InChI is InChI=1S/C24H27N5OS/c1-16-10-9-11-17(2)28(16)23(30)21-20(18-12-5-3-6-13-18)27-29-22(25-26-24(29)31-21)19-14-7-4-8-15-19/h3-8,12-17,20-21,27H,9-11H2,1-2H3. The SMILES string of the molecule is CC1CCCC(C)N1C(=O)C1Sc2nnc(-c3ccccc3)n2NC1c1ccccc1. The molecule has 4 atom stereocenters. The van der Waals surface area contributed by atoms with Crippen LogP contribution in [0.2, 0.25) is 0 Å². The number of hydrogen-bond donors (Lipinski definition) is 1. The zero-order valence-corrected chi connectivity index (χ0v) is 18.6. The van der Waals surface area contributed by atoms with Gasteiger partial charge >= 0.3 is 0 Å². The van der Waals surface area contributed by atoms with E-state index < -0.39 is 0 Å². The molecule has 7 heteroatoms. The highest BCUT2D eigenvalue weighted by Gasteiger charge is 2.42. The molecule has 1 aromatic heterocycles. The highest BCUT2D eigenvalue weighted by Crippen LogP contribution is 2.40. The topological polar surface area (TPSA) is 63.1 Å². The Labute approximate surface area is 187 Å². The van der Waals surface area contributed by atoms with Crippen LogP contribution < -0.4 is 5.43 Å². The summed E-state index contributed by atoms with van der Waals surface area (Å²) < 4.78 is 1.94. The predicted octanol–water partition coefficient (Wildman–Crippen LogP) is 4.49. The number of carbonyl (C=O) groups excluding carboxylic acids is 1. The first kappa shape index (κ1) is 20.1. The molecule has 2 aliphatic rings. The number of nitrogens with one attached hydrogen (secondary N) is 1. The van der Waals surface area contributed by atoms with Gasteiger partial charge in [0.2, 0.25) is 11.1 Å². The number of hydrogen-bond acceptors (Lipinski definition) is 5. The molecule has 1 N–H and O–H groups in total. The second-order valence-corrected chi connectivity index (χ2v) is 9.55. The molecule has 0 bridgehead atoms. The summed E-state index contributed by atoms with van der Waals surface area (Å²) in [6.07, 6.45) is 3.30. The van der Waals surface area contributed by atoms with Crippen molar-refractivity contribution in [3.05, 3.63) is 66.2 Å². The van der Waals surface area contributed by atoms with E-state index in [4.69, 9.17) is 0 Å². The molecule has 0 aliphatic carbocycles. The molecule has 6 nitrogen and oxygen atoms in total. The van der Waals surface area contributed by atoms with E-state index in [-0.39, 0.29) is 29.3 Å². The maximum atomic E-state index is 13.9. The first-order chi connectivity index (χ1) is 15.1. The van der Waals surface area contributed by atoms with Crippen molar-refractivity contribution in [1.82, 2.24) is 19.8 Å². The maximum absolute atomic E-state index is 13.9.